The summed E-state index contributed by atoms with van der Waals surface area (Å²) in [6.45, 7) is 12.1. The highest BCUT2D eigenvalue weighted by Gasteiger charge is 2.52. The highest BCUT2D eigenvalue weighted by Crippen LogP contribution is 2.39. The summed E-state index contributed by atoms with van der Waals surface area (Å²) in [6, 6.07) is 29.6. The predicted molar refractivity (Wildman–Crippen MR) is 164 cm³/mol. The summed E-state index contributed by atoms with van der Waals surface area (Å²) in [6.07, 6.45) is -4.36. The van der Waals surface area contributed by atoms with Crippen molar-refractivity contribution in [1.29, 1.82) is 0 Å². The lowest BCUT2D eigenvalue weighted by molar-refractivity contribution is -0.251. The zero-order valence-electron chi connectivity index (χ0n) is 25.0. The lowest BCUT2D eigenvalue weighted by Crippen LogP contribution is -2.64. The van der Waals surface area contributed by atoms with Gasteiger partial charge in [-0.2, -0.15) is 0 Å². The highest BCUT2D eigenvalue weighted by molar-refractivity contribution is 6.74. The molecule has 4 rings (SSSR count). The first-order valence-electron chi connectivity index (χ1n) is 14.5. The summed E-state index contributed by atoms with van der Waals surface area (Å²) in [5.41, 5.74) is 2.96. The maximum atomic E-state index is 11.8. The fourth-order valence-electron chi connectivity index (χ4n) is 4.89. The van der Waals surface area contributed by atoms with Gasteiger partial charge in [0.1, 0.15) is 18.3 Å². The van der Waals surface area contributed by atoms with Gasteiger partial charge in [-0.1, -0.05) is 112 Å². The lowest BCUT2D eigenvalue weighted by Gasteiger charge is -2.48. The zero-order valence-corrected chi connectivity index (χ0v) is 26.0. The van der Waals surface area contributed by atoms with Crippen molar-refractivity contribution in [3.05, 3.63) is 108 Å². The Labute approximate surface area is 246 Å². The van der Waals surface area contributed by atoms with Gasteiger partial charge in [-0.3, -0.25) is 0 Å². The largest absolute Gasteiger partial charge is 0.416 e. The number of benzene rings is 3. The summed E-state index contributed by atoms with van der Waals surface area (Å²) >= 11 is 0. The molecular weight excluding hydrogens is 532 g/mol. The minimum Gasteiger partial charge on any atom is -0.416 e. The van der Waals surface area contributed by atoms with E-state index in [0.29, 0.717) is 13.2 Å². The Kier molecular flexibility index (Phi) is 10.9. The normalized spacial score (nSPS) is 25.2. The first-order chi connectivity index (χ1) is 19.6. The molecule has 1 aliphatic carbocycles. The van der Waals surface area contributed by atoms with E-state index in [1.54, 1.807) is 0 Å². The molecule has 0 unspecified atom stereocenters. The maximum absolute atomic E-state index is 11.8. The van der Waals surface area contributed by atoms with Gasteiger partial charge in [0.05, 0.1) is 32.0 Å². The quantitative estimate of drug-likeness (QED) is 0.252. The minimum atomic E-state index is -2.15. The molecule has 3 aromatic carbocycles. The predicted octanol–water partition coefficient (Wildman–Crippen LogP) is 6.12. The van der Waals surface area contributed by atoms with Crippen molar-refractivity contribution in [2.24, 2.45) is 5.92 Å². The van der Waals surface area contributed by atoms with Crippen molar-refractivity contribution in [1.82, 2.24) is 0 Å². The summed E-state index contributed by atoms with van der Waals surface area (Å²) in [7, 11) is -2.15. The Morgan fingerprint density at radius 2 is 0.976 bits per heavy atom. The van der Waals surface area contributed by atoms with E-state index in [1.807, 2.05) is 91.0 Å². The molecule has 0 amide bonds. The molecule has 3 aromatic rings. The van der Waals surface area contributed by atoms with Gasteiger partial charge in [0.25, 0.3) is 0 Å². The van der Waals surface area contributed by atoms with E-state index in [9.17, 15) is 10.2 Å². The van der Waals surface area contributed by atoms with Crippen LogP contribution in [0.2, 0.25) is 18.1 Å². The number of hydrogen-bond donors (Lipinski definition) is 2. The second kappa shape index (κ2) is 14.2. The molecule has 6 nitrogen and oxygen atoms in total. The minimum absolute atomic E-state index is 0.00104. The van der Waals surface area contributed by atoms with E-state index in [1.165, 1.54) is 0 Å². The van der Waals surface area contributed by atoms with Gasteiger partial charge >= 0.3 is 0 Å². The molecule has 1 aliphatic rings. The van der Waals surface area contributed by atoms with Crippen molar-refractivity contribution in [2.45, 2.75) is 89.2 Å². The van der Waals surface area contributed by atoms with E-state index in [0.717, 1.165) is 16.7 Å². The number of aliphatic hydroxyl groups excluding tert-OH is 2. The maximum Gasteiger partial charge on any atom is 0.191 e. The molecule has 0 spiro atoms. The van der Waals surface area contributed by atoms with Crippen LogP contribution in [0.1, 0.15) is 37.5 Å². The van der Waals surface area contributed by atoms with Gasteiger partial charge in [-0.15, -0.1) is 0 Å². The van der Waals surface area contributed by atoms with Gasteiger partial charge < -0.3 is 28.8 Å². The van der Waals surface area contributed by atoms with Crippen molar-refractivity contribution < 1.29 is 28.8 Å². The first-order valence-corrected chi connectivity index (χ1v) is 17.4. The topological polar surface area (TPSA) is 77.4 Å². The van der Waals surface area contributed by atoms with E-state index in [2.05, 4.69) is 33.9 Å². The monoisotopic (exact) mass is 578 g/mol. The van der Waals surface area contributed by atoms with Crippen molar-refractivity contribution >= 4 is 8.32 Å². The van der Waals surface area contributed by atoms with Crippen LogP contribution in [-0.2, 0) is 38.5 Å². The van der Waals surface area contributed by atoms with E-state index in [4.69, 9.17) is 18.6 Å². The van der Waals surface area contributed by atoms with Crippen molar-refractivity contribution in [3.8, 4) is 0 Å². The second-order valence-electron chi connectivity index (χ2n) is 12.5. The molecular formula is C34H46O6Si. The van der Waals surface area contributed by atoms with E-state index in [-0.39, 0.29) is 18.3 Å². The average Bonchev–Trinajstić information content (AvgIpc) is 2.96. The summed E-state index contributed by atoms with van der Waals surface area (Å²) in [4.78, 5) is 0. The molecule has 0 saturated heterocycles. The van der Waals surface area contributed by atoms with Crippen LogP contribution in [0.15, 0.2) is 91.0 Å². The second-order valence-corrected chi connectivity index (χ2v) is 17.3. The lowest BCUT2D eigenvalue weighted by atomic mass is 9.78. The number of ether oxygens (including phenoxy) is 3. The first kappa shape index (κ1) is 31.6. The van der Waals surface area contributed by atoms with E-state index < -0.39 is 44.8 Å². The van der Waals surface area contributed by atoms with Crippen LogP contribution in [-0.4, -0.2) is 55.7 Å². The molecule has 7 heteroatoms. The smallest absolute Gasteiger partial charge is 0.191 e. The van der Waals surface area contributed by atoms with Gasteiger partial charge in [0, 0.05) is 12.5 Å². The summed E-state index contributed by atoms with van der Waals surface area (Å²) < 4.78 is 25.8. The van der Waals surface area contributed by atoms with Crippen molar-refractivity contribution in [2.75, 3.05) is 6.61 Å². The Morgan fingerprint density at radius 1 is 0.585 bits per heavy atom. The van der Waals surface area contributed by atoms with Crippen LogP contribution in [0.4, 0.5) is 0 Å². The van der Waals surface area contributed by atoms with Gasteiger partial charge in [-0.05, 0) is 34.8 Å². The van der Waals surface area contributed by atoms with E-state index >= 15 is 0 Å². The third-order valence-electron chi connectivity index (χ3n) is 8.49. The molecule has 0 radical (unpaired) electrons. The molecule has 0 bridgehead atoms. The van der Waals surface area contributed by atoms with Crippen LogP contribution >= 0.6 is 0 Å². The Balaban J connectivity index is 1.63. The molecule has 2 N–H and O–H groups in total. The third-order valence-corrected chi connectivity index (χ3v) is 13.0. The zero-order chi connectivity index (χ0) is 29.5. The molecule has 0 aliphatic heterocycles. The van der Waals surface area contributed by atoms with Crippen LogP contribution in [0.5, 0.6) is 0 Å². The molecule has 0 heterocycles. The fourth-order valence-corrected chi connectivity index (χ4v) is 5.93. The van der Waals surface area contributed by atoms with Gasteiger partial charge in [0.15, 0.2) is 8.32 Å². The third kappa shape index (κ3) is 8.35. The fraction of sp³-hybridized carbons (Fsp3) is 0.471. The molecule has 1 saturated carbocycles. The SMILES string of the molecule is CC(C)(C)[Si](C)(C)OC[C@H]1[C@H](O)[C@@H](OCc2ccccc2)[C@@H](O)[C@@H](OCc2ccccc2)[C@@H]1OCc1ccccc1. The van der Waals surface area contributed by atoms with Crippen LogP contribution < -0.4 is 0 Å². The number of hydrogen-bond acceptors (Lipinski definition) is 6. The molecule has 6 atom stereocenters. The Morgan fingerprint density at radius 3 is 1.39 bits per heavy atom. The summed E-state index contributed by atoms with van der Waals surface area (Å²) in [5.74, 6) is -0.474. The summed E-state index contributed by atoms with van der Waals surface area (Å²) in [5, 5.41) is 23.4. The Bertz CT molecular complexity index is 1170. The molecule has 0 aromatic heterocycles. The highest BCUT2D eigenvalue weighted by atomic mass is 28.4. The van der Waals surface area contributed by atoms with Gasteiger partial charge in [-0.25, -0.2) is 0 Å². The molecule has 1 fully saturated rings. The van der Waals surface area contributed by atoms with Crippen LogP contribution in [0, 0.1) is 5.92 Å². The number of rotatable bonds is 12. The Hall–Kier alpha value is -2.36. The van der Waals surface area contributed by atoms with Crippen LogP contribution in [0.3, 0.4) is 0 Å². The molecule has 41 heavy (non-hydrogen) atoms. The standard InChI is InChI=1S/C34H46O6Si/c1-34(2,3)41(4,5)40-24-28-29(35)32(38-22-26-17-11-7-12-18-26)30(36)33(39-23-27-19-13-8-14-20-27)31(28)37-21-25-15-9-6-10-16-25/h6-20,28-33,35-36H,21-24H2,1-5H3/t28-,29-,30+,31+,32+,33+/m0/s1. The van der Waals surface area contributed by atoms with Crippen LogP contribution in [0.25, 0.3) is 0 Å². The average molecular weight is 579 g/mol. The molecule has 222 valence electrons. The van der Waals surface area contributed by atoms with Crippen molar-refractivity contribution in [3.63, 3.8) is 0 Å². The number of aliphatic hydroxyl groups is 2. The van der Waals surface area contributed by atoms with Gasteiger partial charge in [0.2, 0.25) is 0 Å².